The summed E-state index contributed by atoms with van der Waals surface area (Å²) in [7, 11) is 0. The first-order chi connectivity index (χ1) is 7.34. The molecule has 0 saturated heterocycles. The average molecular weight is 206 g/mol. The summed E-state index contributed by atoms with van der Waals surface area (Å²) in [6.07, 6.45) is 1.20. The molecule has 0 aliphatic carbocycles. The molecule has 1 aromatic rings. The molecular formula is C13H22N2. The molecule has 1 aromatic carbocycles. The van der Waals surface area contributed by atoms with Gasteiger partial charge in [-0.1, -0.05) is 37.3 Å². The number of rotatable bonds is 7. The van der Waals surface area contributed by atoms with Crippen molar-refractivity contribution in [2.45, 2.75) is 26.3 Å². The van der Waals surface area contributed by atoms with Crippen molar-refractivity contribution >= 4 is 0 Å². The topological polar surface area (TPSA) is 24.1 Å². The summed E-state index contributed by atoms with van der Waals surface area (Å²) in [5.41, 5.74) is 1.35. The van der Waals surface area contributed by atoms with Crippen LogP contribution < -0.4 is 10.6 Å². The van der Waals surface area contributed by atoms with Gasteiger partial charge in [-0.25, -0.2) is 0 Å². The fraction of sp³-hybridized carbons (Fsp3) is 0.538. The van der Waals surface area contributed by atoms with Crippen LogP contribution in [0.2, 0.25) is 0 Å². The molecule has 0 radical (unpaired) electrons. The molecule has 0 amide bonds. The van der Waals surface area contributed by atoms with Gasteiger partial charge < -0.3 is 10.6 Å². The van der Waals surface area contributed by atoms with Crippen molar-refractivity contribution in [1.29, 1.82) is 0 Å². The first-order valence-electron chi connectivity index (χ1n) is 5.83. The predicted molar refractivity (Wildman–Crippen MR) is 66.0 cm³/mol. The van der Waals surface area contributed by atoms with E-state index in [-0.39, 0.29) is 0 Å². The van der Waals surface area contributed by atoms with Gasteiger partial charge in [-0.3, -0.25) is 0 Å². The van der Waals surface area contributed by atoms with Crippen LogP contribution in [0.5, 0.6) is 0 Å². The maximum Gasteiger partial charge on any atom is 0.0292 e. The Hall–Kier alpha value is -0.860. The molecule has 0 heterocycles. The van der Waals surface area contributed by atoms with E-state index < -0.39 is 0 Å². The number of hydrogen-bond acceptors (Lipinski definition) is 2. The van der Waals surface area contributed by atoms with Gasteiger partial charge in [-0.15, -0.1) is 0 Å². The monoisotopic (exact) mass is 206 g/mol. The summed E-state index contributed by atoms with van der Waals surface area (Å²) in [5, 5.41) is 6.87. The first-order valence-corrected chi connectivity index (χ1v) is 5.83. The first kappa shape index (κ1) is 12.2. The van der Waals surface area contributed by atoms with Crippen molar-refractivity contribution in [3.8, 4) is 0 Å². The average Bonchev–Trinajstić information content (AvgIpc) is 2.30. The van der Waals surface area contributed by atoms with Gasteiger partial charge in [0.2, 0.25) is 0 Å². The molecule has 0 bridgehead atoms. The summed E-state index contributed by atoms with van der Waals surface area (Å²) >= 11 is 0. The van der Waals surface area contributed by atoms with Crippen molar-refractivity contribution in [3.63, 3.8) is 0 Å². The molecule has 84 valence electrons. The molecule has 1 unspecified atom stereocenters. The van der Waals surface area contributed by atoms with Crippen molar-refractivity contribution < 1.29 is 0 Å². The quantitative estimate of drug-likeness (QED) is 0.669. The maximum absolute atomic E-state index is 3.50. The Morgan fingerprint density at radius 1 is 1.07 bits per heavy atom. The van der Waals surface area contributed by atoms with E-state index in [1.807, 2.05) is 0 Å². The van der Waals surface area contributed by atoms with Crippen LogP contribution >= 0.6 is 0 Å². The van der Waals surface area contributed by atoms with Crippen LogP contribution in [0.4, 0.5) is 0 Å². The zero-order valence-corrected chi connectivity index (χ0v) is 9.79. The van der Waals surface area contributed by atoms with Crippen LogP contribution in [0, 0.1) is 0 Å². The van der Waals surface area contributed by atoms with Crippen molar-refractivity contribution in [2.75, 3.05) is 19.6 Å². The van der Waals surface area contributed by atoms with Gasteiger partial charge in [0.1, 0.15) is 0 Å². The molecule has 0 fully saturated rings. The van der Waals surface area contributed by atoms with E-state index in [1.54, 1.807) is 0 Å². The highest BCUT2D eigenvalue weighted by molar-refractivity contribution is 5.17. The summed E-state index contributed by atoms with van der Waals surface area (Å²) in [6.45, 7) is 7.57. The van der Waals surface area contributed by atoms with Gasteiger partial charge in [0.15, 0.2) is 0 Å². The summed E-state index contributed by atoms with van der Waals surface area (Å²) < 4.78 is 0. The van der Waals surface area contributed by atoms with Gasteiger partial charge in [-0.2, -0.15) is 0 Å². The zero-order valence-electron chi connectivity index (χ0n) is 9.79. The second kappa shape index (κ2) is 7.43. The van der Waals surface area contributed by atoms with Crippen LogP contribution in [-0.2, 0) is 0 Å². The van der Waals surface area contributed by atoms with Gasteiger partial charge >= 0.3 is 0 Å². The molecule has 2 N–H and O–H groups in total. The van der Waals surface area contributed by atoms with Crippen molar-refractivity contribution in [1.82, 2.24) is 10.6 Å². The fourth-order valence-corrected chi connectivity index (χ4v) is 1.54. The highest BCUT2D eigenvalue weighted by atomic mass is 15.0. The molecule has 0 saturated carbocycles. The Balaban J connectivity index is 2.16. The third-order valence-corrected chi connectivity index (χ3v) is 2.48. The van der Waals surface area contributed by atoms with Crippen LogP contribution in [0.25, 0.3) is 0 Å². The Kier molecular flexibility index (Phi) is 6.05. The minimum Gasteiger partial charge on any atom is -0.315 e. The Morgan fingerprint density at radius 3 is 2.47 bits per heavy atom. The Bertz CT molecular complexity index is 246. The number of benzene rings is 1. The van der Waals surface area contributed by atoms with E-state index in [0.29, 0.717) is 6.04 Å². The molecule has 1 atom stereocenters. The summed E-state index contributed by atoms with van der Waals surface area (Å²) in [5.74, 6) is 0. The van der Waals surface area contributed by atoms with E-state index in [0.717, 1.165) is 19.6 Å². The molecule has 0 aliphatic heterocycles. The van der Waals surface area contributed by atoms with E-state index in [2.05, 4.69) is 54.8 Å². The molecule has 2 heteroatoms. The SMILES string of the molecule is CCCNCCNC(C)c1ccccc1. The smallest absolute Gasteiger partial charge is 0.0292 e. The fourth-order valence-electron chi connectivity index (χ4n) is 1.54. The molecular weight excluding hydrogens is 184 g/mol. The summed E-state index contributed by atoms with van der Waals surface area (Å²) in [4.78, 5) is 0. The highest BCUT2D eigenvalue weighted by Gasteiger charge is 2.01. The van der Waals surface area contributed by atoms with Crippen molar-refractivity contribution in [3.05, 3.63) is 35.9 Å². The van der Waals surface area contributed by atoms with Crippen LogP contribution in [0.1, 0.15) is 31.9 Å². The number of hydrogen-bond donors (Lipinski definition) is 2. The van der Waals surface area contributed by atoms with Gasteiger partial charge in [-0.05, 0) is 25.5 Å². The lowest BCUT2D eigenvalue weighted by atomic mass is 10.1. The predicted octanol–water partition coefficient (Wildman–Crippen LogP) is 2.34. The molecule has 0 aliphatic rings. The largest absolute Gasteiger partial charge is 0.315 e. The summed E-state index contributed by atoms with van der Waals surface area (Å²) in [6, 6.07) is 11.0. The second-order valence-corrected chi connectivity index (χ2v) is 3.84. The van der Waals surface area contributed by atoms with Crippen molar-refractivity contribution in [2.24, 2.45) is 0 Å². The lowest BCUT2D eigenvalue weighted by Crippen LogP contribution is -2.29. The zero-order chi connectivity index (χ0) is 10.9. The van der Waals surface area contributed by atoms with E-state index >= 15 is 0 Å². The number of nitrogens with one attached hydrogen (secondary N) is 2. The van der Waals surface area contributed by atoms with E-state index in [1.165, 1.54) is 12.0 Å². The molecule has 2 nitrogen and oxygen atoms in total. The third-order valence-electron chi connectivity index (χ3n) is 2.48. The minimum atomic E-state index is 0.439. The van der Waals surface area contributed by atoms with Crippen LogP contribution in [-0.4, -0.2) is 19.6 Å². The standard InChI is InChI=1S/C13H22N2/c1-3-9-14-10-11-15-12(2)13-7-5-4-6-8-13/h4-8,12,14-15H,3,9-11H2,1-2H3. The van der Waals surface area contributed by atoms with E-state index in [9.17, 15) is 0 Å². The molecule has 1 rings (SSSR count). The second-order valence-electron chi connectivity index (χ2n) is 3.84. The minimum absolute atomic E-state index is 0.439. The van der Waals surface area contributed by atoms with Gasteiger partial charge in [0.25, 0.3) is 0 Å². The molecule has 15 heavy (non-hydrogen) atoms. The van der Waals surface area contributed by atoms with E-state index in [4.69, 9.17) is 0 Å². The van der Waals surface area contributed by atoms with Gasteiger partial charge in [0.05, 0.1) is 0 Å². The highest BCUT2D eigenvalue weighted by Crippen LogP contribution is 2.09. The Morgan fingerprint density at radius 2 is 1.80 bits per heavy atom. The lowest BCUT2D eigenvalue weighted by Gasteiger charge is -2.14. The van der Waals surface area contributed by atoms with Crippen LogP contribution in [0.3, 0.4) is 0 Å². The Labute approximate surface area is 93.1 Å². The maximum atomic E-state index is 3.50. The lowest BCUT2D eigenvalue weighted by molar-refractivity contribution is 0.545. The van der Waals surface area contributed by atoms with Gasteiger partial charge in [0, 0.05) is 19.1 Å². The molecule has 0 aromatic heterocycles. The normalized spacial score (nSPS) is 12.7. The molecule has 0 spiro atoms. The third kappa shape index (κ3) is 4.96. The van der Waals surface area contributed by atoms with Crippen LogP contribution in [0.15, 0.2) is 30.3 Å².